The van der Waals surface area contributed by atoms with Gasteiger partial charge in [0.05, 0.1) is 0 Å². The molecule has 16 heavy (non-hydrogen) atoms. The fourth-order valence-electron chi connectivity index (χ4n) is 2.14. The topological polar surface area (TPSA) is 36.1 Å². The monoisotopic (exact) mass is 229 g/mol. The lowest BCUT2D eigenvalue weighted by Gasteiger charge is -2.37. The third-order valence-corrected chi connectivity index (χ3v) is 4.11. The molecule has 0 saturated carbocycles. The van der Waals surface area contributed by atoms with Gasteiger partial charge >= 0.3 is 0 Å². The van der Waals surface area contributed by atoms with E-state index in [0.29, 0.717) is 18.0 Å². The van der Waals surface area contributed by atoms with E-state index in [1.54, 1.807) is 0 Å². The van der Waals surface area contributed by atoms with Crippen LogP contribution in [-0.2, 0) is 0 Å². The number of likely N-dealkylation sites (N-methyl/N-ethyl adjacent to an activating group) is 2. The lowest BCUT2D eigenvalue weighted by Crippen LogP contribution is -2.55. The minimum Gasteiger partial charge on any atom is -0.317 e. The molecular formula is C13H31N3. The Balaban J connectivity index is 4.32. The fraction of sp³-hybridized carbons (Fsp3) is 1.00. The molecule has 0 rings (SSSR count). The van der Waals surface area contributed by atoms with Crippen LogP contribution in [0.25, 0.3) is 0 Å². The first-order valence-corrected chi connectivity index (χ1v) is 6.44. The zero-order valence-electron chi connectivity index (χ0n) is 12.1. The molecule has 3 nitrogen and oxygen atoms in total. The third-order valence-electron chi connectivity index (χ3n) is 4.11. The SMILES string of the molecule is CNC(CCC(C)(NC)C(C)NC)C(C)C. The summed E-state index contributed by atoms with van der Waals surface area (Å²) in [4.78, 5) is 0. The van der Waals surface area contributed by atoms with Crippen molar-refractivity contribution in [3.63, 3.8) is 0 Å². The second kappa shape index (κ2) is 7.25. The second-order valence-electron chi connectivity index (χ2n) is 5.36. The molecular weight excluding hydrogens is 198 g/mol. The Morgan fingerprint density at radius 1 is 1.00 bits per heavy atom. The minimum atomic E-state index is 0.165. The predicted molar refractivity (Wildman–Crippen MR) is 72.9 cm³/mol. The van der Waals surface area contributed by atoms with Crippen LogP contribution in [0.1, 0.15) is 40.5 Å². The van der Waals surface area contributed by atoms with Gasteiger partial charge in [0.1, 0.15) is 0 Å². The Kier molecular flexibility index (Phi) is 7.20. The summed E-state index contributed by atoms with van der Waals surface area (Å²) >= 11 is 0. The minimum absolute atomic E-state index is 0.165. The molecule has 0 aromatic rings. The van der Waals surface area contributed by atoms with Crippen molar-refractivity contribution in [1.29, 1.82) is 0 Å². The number of hydrogen-bond donors (Lipinski definition) is 3. The molecule has 0 amide bonds. The third kappa shape index (κ3) is 4.40. The van der Waals surface area contributed by atoms with Crippen LogP contribution >= 0.6 is 0 Å². The van der Waals surface area contributed by atoms with Crippen LogP contribution in [0, 0.1) is 5.92 Å². The van der Waals surface area contributed by atoms with Crippen molar-refractivity contribution in [2.75, 3.05) is 21.1 Å². The number of nitrogens with one attached hydrogen (secondary N) is 3. The van der Waals surface area contributed by atoms with Gasteiger partial charge in [-0.15, -0.1) is 0 Å². The normalized spacial score (nSPS) is 19.5. The molecule has 0 saturated heterocycles. The summed E-state index contributed by atoms with van der Waals surface area (Å²) in [5, 5.41) is 10.2. The molecule has 3 N–H and O–H groups in total. The van der Waals surface area contributed by atoms with Gasteiger partial charge in [0.2, 0.25) is 0 Å². The quantitative estimate of drug-likeness (QED) is 0.592. The van der Waals surface area contributed by atoms with Crippen LogP contribution < -0.4 is 16.0 Å². The summed E-state index contributed by atoms with van der Waals surface area (Å²) in [6.07, 6.45) is 2.38. The van der Waals surface area contributed by atoms with E-state index in [-0.39, 0.29) is 5.54 Å². The van der Waals surface area contributed by atoms with Crippen LogP contribution in [0.15, 0.2) is 0 Å². The highest BCUT2D eigenvalue weighted by atomic mass is 15.0. The molecule has 0 aromatic heterocycles. The van der Waals surface area contributed by atoms with Crippen molar-refractivity contribution in [2.24, 2.45) is 5.92 Å². The summed E-state index contributed by atoms with van der Waals surface area (Å²) in [5.74, 6) is 0.691. The molecule has 0 aliphatic heterocycles. The Morgan fingerprint density at radius 3 is 1.88 bits per heavy atom. The Labute approximate surface area is 102 Å². The van der Waals surface area contributed by atoms with Gasteiger partial charge in [-0.3, -0.25) is 0 Å². The van der Waals surface area contributed by atoms with Gasteiger partial charge in [0, 0.05) is 17.6 Å². The summed E-state index contributed by atoms with van der Waals surface area (Å²) in [6.45, 7) is 9.08. The molecule has 98 valence electrons. The molecule has 0 heterocycles. The van der Waals surface area contributed by atoms with E-state index in [4.69, 9.17) is 0 Å². The van der Waals surface area contributed by atoms with E-state index in [1.807, 2.05) is 7.05 Å². The predicted octanol–water partition coefficient (Wildman–Crippen LogP) is 1.60. The highest BCUT2D eigenvalue weighted by Crippen LogP contribution is 2.20. The van der Waals surface area contributed by atoms with Gasteiger partial charge in [0.15, 0.2) is 0 Å². The van der Waals surface area contributed by atoms with Gasteiger partial charge in [-0.25, -0.2) is 0 Å². The average Bonchev–Trinajstić information content (AvgIpc) is 2.27. The van der Waals surface area contributed by atoms with E-state index >= 15 is 0 Å². The average molecular weight is 229 g/mol. The van der Waals surface area contributed by atoms with Crippen LogP contribution in [0.2, 0.25) is 0 Å². The smallest absolute Gasteiger partial charge is 0.0301 e. The maximum atomic E-state index is 3.46. The van der Waals surface area contributed by atoms with Crippen molar-refractivity contribution >= 4 is 0 Å². The van der Waals surface area contributed by atoms with Crippen LogP contribution in [0.4, 0.5) is 0 Å². The van der Waals surface area contributed by atoms with Crippen molar-refractivity contribution < 1.29 is 0 Å². The molecule has 3 heteroatoms. The molecule has 0 bridgehead atoms. The van der Waals surface area contributed by atoms with Crippen molar-refractivity contribution in [1.82, 2.24) is 16.0 Å². The molecule has 0 spiro atoms. The summed E-state index contributed by atoms with van der Waals surface area (Å²) in [6, 6.07) is 1.08. The number of hydrogen-bond acceptors (Lipinski definition) is 3. The Hall–Kier alpha value is -0.120. The first-order chi connectivity index (χ1) is 7.41. The van der Waals surface area contributed by atoms with Crippen molar-refractivity contribution in [3.05, 3.63) is 0 Å². The van der Waals surface area contributed by atoms with Gasteiger partial charge in [-0.1, -0.05) is 13.8 Å². The summed E-state index contributed by atoms with van der Waals surface area (Å²) < 4.78 is 0. The van der Waals surface area contributed by atoms with Crippen LogP contribution in [-0.4, -0.2) is 38.8 Å². The van der Waals surface area contributed by atoms with E-state index in [2.05, 4.69) is 57.7 Å². The molecule has 3 atom stereocenters. The second-order valence-corrected chi connectivity index (χ2v) is 5.36. The van der Waals surface area contributed by atoms with E-state index in [1.165, 1.54) is 12.8 Å². The lowest BCUT2D eigenvalue weighted by atomic mass is 9.85. The molecule has 0 aliphatic carbocycles. The number of rotatable bonds is 8. The maximum absolute atomic E-state index is 3.46. The first kappa shape index (κ1) is 15.9. The molecule has 3 unspecified atom stereocenters. The Morgan fingerprint density at radius 2 is 1.56 bits per heavy atom. The molecule has 0 fully saturated rings. The van der Waals surface area contributed by atoms with E-state index < -0.39 is 0 Å². The zero-order valence-corrected chi connectivity index (χ0v) is 12.1. The highest BCUT2D eigenvalue weighted by Gasteiger charge is 2.29. The van der Waals surface area contributed by atoms with E-state index in [0.717, 1.165) is 0 Å². The molecule has 0 radical (unpaired) electrons. The molecule has 0 aliphatic rings. The zero-order chi connectivity index (χ0) is 12.8. The van der Waals surface area contributed by atoms with E-state index in [9.17, 15) is 0 Å². The Bertz CT molecular complexity index is 182. The molecule has 0 aromatic carbocycles. The fourth-order valence-corrected chi connectivity index (χ4v) is 2.14. The standard InChI is InChI=1S/C13H31N3/c1-10(2)12(15-6)8-9-13(4,16-7)11(3)14-5/h10-12,14-16H,8-9H2,1-7H3. The first-order valence-electron chi connectivity index (χ1n) is 6.44. The van der Waals surface area contributed by atoms with Gasteiger partial charge in [-0.05, 0) is 53.8 Å². The largest absolute Gasteiger partial charge is 0.317 e. The van der Waals surface area contributed by atoms with Gasteiger partial charge < -0.3 is 16.0 Å². The lowest BCUT2D eigenvalue weighted by molar-refractivity contribution is 0.247. The van der Waals surface area contributed by atoms with Crippen molar-refractivity contribution in [2.45, 2.75) is 58.2 Å². The van der Waals surface area contributed by atoms with Crippen LogP contribution in [0.3, 0.4) is 0 Å². The van der Waals surface area contributed by atoms with Crippen molar-refractivity contribution in [3.8, 4) is 0 Å². The summed E-state index contributed by atoms with van der Waals surface area (Å²) in [7, 11) is 6.14. The van der Waals surface area contributed by atoms with Gasteiger partial charge in [0.25, 0.3) is 0 Å². The maximum Gasteiger partial charge on any atom is 0.0301 e. The van der Waals surface area contributed by atoms with Gasteiger partial charge in [-0.2, -0.15) is 0 Å². The highest BCUT2D eigenvalue weighted by molar-refractivity contribution is 4.92. The summed E-state index contributed by atoms with van der Waals surface area (Å²) in [5.41, 5.74) is 0.165. The van der Waals surface area contributed by atoms with Crippen LogP contribution in [0.5, 0.6) is 0 Å².